The van der Waals surface area contributed by atoms with Crippen molar-refractivity contribution in [3.63, 3.8) is 0 Å². The molecule has 0 unspecified atom stereocenters. The molecule has 6 nitrogen and oxygen atoms in total. The number of rotatable bonds is 6. The maximum Gasteiger partial charge on any atom is 0.234 e. The van der Waals surface area contributed by atoms with Crippen molar-refractivity contribution in [3.05, 3.63) is 23.8 Å². The highest BCUT2D eigenvalue weighted by atomic mass is 16.3. The smallest absolute Gasteiger partial charge is 0.234 e. The first-order chi connectivity index (χ1) is 9.45. The van der Waals surface area contributed by atoms with Gasteiger partial charge in [0, 0.05) is 11.6 Å². The van der Waals surface area contributed by atoms with Crippen molar-refractivity contribution >= 4 is 11.7 Å². The molecule has 3 N–H and O–H groups in total. The second kappa shape index (κ2) is 5.92. The molecule has 0 bridgehead atoms. The predicted octanol–water partition coefficient (Wildman–Crippen LogP) is 0.491. The molecule has 1 amide bonds. The van der Waals surface area contributed by atoms with Crippen LogP contribution < -0.4 is 5.32 Å². The Hall–Kier alpha value is -2.08. The predicted molar refractivity (Wildman–Crippen MR) is 72.8 cm³/mol. The van der Waals surface area contributed by atoms with E-state index in [9.17, 15) is 19.8 Å². The van der Waals surface area contributed by atoms with E-state index in [-0.39, 0.29) is 36.3 Å². The lowest BCUT2D eigenvalue weighted by Gasteiger charge is -2.15. The molecule has 2 rings (SSSR count). The van der Waals surface area contributed by atoms with Crippen LogP contribution in [0.2, 0.25) is 0 Å². The number of nitrogens with zero attached hydrogens (tertiary/aromatic N) is 1. The Balaban J connectivity index is 1.85. The van der Waals surface area contributed by atoms with Crippen molar-refractivity contribution in [1.82, 2.24) is 10.2 Å². The Kier molecular flexibility index (Phi) is 4.24. The van der Waals surface area contributed by atoms with Crippen molar-refractivity contribution in [3.8, 4) is 11.5 Å². The van der Waals surface area contributed by atoms with E-state index in [0.29, 0.717) is 11.6 Å². The molecule has 0 aliphatic heterocycles. The SMILES string of the molecule is CN(CC(=O)NC1CC1)CC(=O)c1ccc(O)c(O)c1. The molecule has 0 saturated heterocycles. The molecular formula is C14H18N2O4. The summed E-state index contributed by atoms with van der Waals surface area (Å²) in [7, 11) is 1.69. The molecule has 1 aromatic rings. The number of hydrogen-bond acceptors (Lipinski definition) is 5. The van der Waals surface area contributed by atoms with Crippen LogP contribution in [0.1, 0.15) is 23.2 Å². The number of likely N-dealkylation sites (N-methyl/N-ethyl adjacent to an activating group) is 1. The van der Waals surface area contributed by atoms with Crippen molar-refractivity contribution < 1.29 is 19.8 Å². The van der Waals surface area contributed by atoms with Crippen LogP contribution in [0.25, 0.3) is 0 Å². The Morgan fingerprint density at radius 3 is 2.55 bits per heavy atom. The van der Waals surface area contributed by atoms with Crippen molar-refractivity contribution in [1.29, 1.82) is 0 Å². The van der Waals surface area contributed by atoms with Gasteiger partial charge in [-0.25, -0.2) is 0 Å². The number of carbonyl (C=O) groups is 2. The third kappa shape index (κ3) is 3.96. The van der Waals surface area contributed by atoms with Crippen molar-refractivity contribution in [2.24, 2.45) is 0 Å². The average Bonchev–Trinajstić information content (AvgIpc) is 3.15. The molecule has 0 aromatic heterocycles. The van der Waals surface area contributed by atoms with E-state index in [4.69, 9.17) is 0 Å². The normalized spacial score (nSPS) is 14.3. The molecule has 1 aliphatic rings. The zero-order valence-corrected chi connectivity index (χ0v) is 11.3. The molecule has 1 aliphatic carbocycles. The highest BCUT2D eigenvalue weighted by molar-refractivity contribution is 5.98. The van der Waals surface area contributed by atoms with E-state index >= 15 is 0 Å². The number of Topliss-reactive ketones (excluding diaryl/α,β-unsaturated/α-hetero) is 1. The second-order valence-electron chi connectivity index (χ2n) is 5.14. The van der Waals surface area contributed by atoms with E-state index in [1.54, 1.807) is 11.9 Å². The standard InChI is InChI=1S/C14H18N2O4/c1-16(8-14(20)15-10-3-4-10)7-13(19)9-2-5-11(17)12(18)6-9/h2,5-6,10,17-18H,3-4,7-8H2,1H3,(H,15,20). The molecule has 1 fully saturated rings. The van der Waals surface area contributed by atoms with Gasteiger partial charge in [-0.15, -0.1) is 0 Å². The first-order valence-electron chi connectivity index (χ1n) is 6.49. The quantitative estimate of drug-likeness (QED) is 0.520. The minimum atomic E-state index is -0.329. The summed E-state index contributed by atoms with van der Waals surface area (Å²) in [4.78, 5) is 25.2. The average molecular weight is 278 g/mol. The number of ketones is 1. The monoisotopic (exact) mass is 278 g/mol. The highest BCUT2D eigenvalue weighted by Gasteiger charge is 2.23. The van der Waals surface area contributed by atoms with Crippen molar-refractivity contribution in [2.75, 3.05) is 20.1 Å². The Morgan fingerprint density at radius 2 is 1.95 bits per heavy atom. The first kappa shape index (κ1) is 14.3. The molecule has 1 saturated carbocycles. The Bertz CT molecular complexity index is 526. The van der Waals surface area contributed by atoms with E-state index in [0.717, 1.165) is 12.8 Å². The number of amides is 1. The lowest BCUT2D eigenvalue weighted by atomic mass is 10.1. The number of phenols is 2. The van der Waals surface area contributed by atoms with Crippen LogP contribution in [0.3, 0.4) is 0 Å². The zero-order chi connectivity index (χ0) is 14.7. The number of phenolic OH excluding ortho intramolecular Hbond substituents is 2. The van der Waals surface area contributed by atoms with E-state index in [1.807, 2.05) is 0 Å². The van der Waals surface area contributed by atoms with Gasteiger partial charge in [0.2, 0.25) is 5.91 Å². The van der Waals surface area contributed by atoms with Crippen molar-refractivity contribution in [2.45, 2.75) is 18.9 Å². The van der Waals surface area contributed by atoms with Gasteiger partial charge in [0.05, 0.1) is 13.1 Å². The van der Waals surface area contributed by atoms with Crippen LogP contribution in [0.5, 0.6) is 11.5 Å². The fourth-order valence-corrected chi connectivity index (χ4v) is 1.84. The second-order valence-corrected chi connectivity index (χ2v) is 5.14. The summed E-state index contributed by atoms with van der Waals surface area (Å²) < 4.78 is 0. The van der Waals surface area contributed by atoms with Gasteiger partial charge in [-0.05, 0) is 38.1 Å². The lowest BCUT2D eigenvalue weighted by molar-refractivity contribution is -0.121. The summed E-state index contributed by atoms with van der Waals surface area (Å²) in [5, 5.41) is 21.4. The first-order valence-corrected chi connectivity index (χ1v) is 6.49. The van der Waals surface area contributed by atoms with E-state index in [1.165, 1.54) is 18.2 Å². The molecule has 0 spiro atoms. The third-order valence-corrected chi connectivity index (χ3v) is 3.07. The molecular weight excluding hydrogens is 260 g/mol. The van der Waals surface area contributed by atoms with Crippen LogP contribution in [0, 0.1) is 0 Å². The summed E-state index contributed by atoms with van der Waals surface area (Å²) in [5.74, 6) is -0.901. The molecule has 6 heteroatoms. The minimum absolute atomic E-state index is 0.0717. The Labute approximate surface area is 117 Å². The van der Waals surface area contributed by atoms with Gasteiger partial charge in [0.1, 0.15) is 0 Å². The van der Waals surface area contributed by atoms with Gasteiger partial charge in [-0.2, -0.15) is 0 Å². The van der Waals surface area contributed by atoms with Crippen LogP contribution in [0.15, 0.2) is 18.2 Å². The van der Waals surface area contributed by atoms with Gasteiger partial charge in [0.25, 0.3) is 0 Å². The van der Waals surface area contributed by atoms with Crippen LogP contribution in [-0.2, 0) is 4.79 Å². The molecule has 1 aromatic carbocycles. The fourth-order valence-electron chi connectivity index (χ4n) is 1.84. The maximum atomic E-state index is 12.0. The molecule has 0 heterocycles. The topological polar surface area (TPSA) is 89.9 Å². The maximum absolute atomic E-state index is 12.0. The van der Waals surface area contributed by atoms with Crippen LogP contribution >= 0.6 is 0 Å². The molecule has 0 radical (unpaired) electrons. The van der Waals surface area contributed by atoms with Gasteiger partial charge in [-0.1, -0.05) is 0 Å². The molecule has 20 heavy (non-hydrogen) atoms. The summed E-state index contributed by atoms with van der Waals surface area (Å²) in [6, 6.07) is 4.23. The fraction of sp³-hybridized carbons (Fsp3) is 0.429. The number of carbonyl (C=O) groups excluding carboxylic acids is 2. The number of benzene rings is 1. The number of hydrogen-bond donors (Lipinski definition) is 3. The molecule has 0 atom stereocenters. The minimum Gasteiger partial charge on any atom is -0.504 e. The summed E-state index contributed by atoms with van der Waals surface area (Å²) in [6.45, 7) is 0.231. The lowest BCUT2D eigenvalue weighted by Crippen LogP contribution is -2.38. The summed E-state index contributed by atoms with van der Waals surface area (Å²) >= 11 is 0. The van der Waals surface area contributed by atoms with Gasteiger partial charge >= 0.3 is 0 Å². The highest BCUT2D eigenvalue weighted by Crippen LogP contribution is 2.25. The number of nitrogens with one attached hydrogen (secondary N) is 1. The summed E-state index contributed by atoms with van der Waals surface area (Å²) in [6.07, 6.45) is 2.06. The van der Waals surface area contributed by atoms with Gasteiger partial charge in [0.15, 0.2) is 17.3 Å². The Morgan fingerprint density at radius 1 is 1.25 bits per heavy atom. The summed E-state index contributed by atoms with van der Waals surface area (Å²) in [5.41, 5.74) is 0.301. The van der Waals surface area contributed by atoms with Crippen LogP contribution in [0.4, 0.5) is 0 Å². The van der Waals surface area contributed by atoms with E-state index in [2.05, 4.69) is 5.32 Å². The van der Waals surface area contributed by atoms with Gasteiger partial charge < -0.3 is 15.5 Å². The molecule has 108 valence electrons. The number of aromatic hydroxyl groups is 2. The zero-order valence-electron chi connectivity index (χ0n) is 11.3. The van der Waals surface area contributed by atoms with Crippen LogP contribution in [-0.4, -0.2) is 53.0 Å². The van der Waals surface area contributed by atoms with E-state index < -0.39 is 0 Å². The van der Waals surface area contributed by atoms with Gasteiger partial charge in [-0.3, -0.25) is 14.5 Å². The largest absolute Gasteiger partial charge is 0.504 e. The third-order valence-electron chi connectivity index (χ3n) is 3.07.